The lowest BCUT2D eigenvalue weighted by Crippen LogP contribution is -2.24. The summed E-state index contributed by atoms with van der Waals surface area (Å²) >= 11 is 3.30. The molecule has 2 rings (SSSR count). The molecule has 2 aromatic rings. The van der Waals surface area contributed by atoms with E-state index in [0.29, 0.717) is 17.8 Å². The maximum absolute atomic E-state index is 11.9. The van der Waals surface area contributed by atoms with Gasteiger partial charge >= 0.3 is 0 Å². The van der Waals surface area contributed by atoms with E-state index in [2.05, 4.69) is 31.4 Å². The summed E-state index contributed by atoms with van der Waals surface area (Å²) in [6.45, 7) is 0.394. The first kappa shape index (κ1) is 11.7. The fourth-order valence-corrected chi connectivity index (χ4v) is 1.74. The van der Waals surface area contributed by atoms with Crippen LogP contribution in [0.5, 0.6) is 0 Å². The molecule has 1 amide bonds. The number of rotatable bonds is 3. The fourth-order valence-electron chi connectivity index (χ4n) is 1.38. The average molecular weight is 295 g/mol. The smallest absolute Gasteiger partial charge is 0.253 e. The molecule has 0 bridgehead atoms. The predicted octanol–water partition coefficient (Wildman–Crippen LogP) is 1.68. The zero-order valence-corrected chi connectivity index (χ0v) is 10.5. The van der Waals surface area contributed by atoms with E-state index >= 15 is 0 Å². The Morgan fingerprint density at radius 3 is 3.00 bits per heavy atom. The van der Waals surface area contributed by atoms with Gasteiger partial charge in [0.15, 0.2) is 0 Å². The van der Waals surface area contributed by atoms with Gasteiger partial charge in [-0.1, -0.05) is 15.9 Å². The number of anilines is 1. The summed E-state index contributed by atoms with van der Waals surface area (Å²) in [6.07, 6.45) is 1.63. The molecule has 0 aliphatic heterocycles. The normalized spacial score (nSPS) is 10.2. The molecule has 0 saturated heterocycles. The second kappa shape index (κ2) is 5.01. The predicted molar refractivity (Wildman–Crippen MR) is 68.3 cm³/mol. The van der Waals surface area contributed by atoms with E-state index in [1.54, 1.807) is 30.5 Å². The van der Waals surface area contributed by atoms with Crippen LogP contribution in [0.2, 0.25) is 0 Å². The quantitative estimate of drug-likeness (QED) is 0.753. The van der Waals surface area contributed by atoms with Crippen molar-refractivity contribution in [3.05, 3.63) is 46.2 Å². The van der Waals surface area contributed by atoms with Gasteiger partial charge in [0, 0.05) is 16.4 Å². The highest BCUT2D eigenvalue weighted by molar-refractivity contribution is 9.10. The highest BCUT2D eigenvalue weighted by atomic mass is 79.9. The number of halogens is 1. The van der Waals surface area contributed by atoms with Crippen molar-refractivity contribution in [1.82, 2.24) is 15.5 Å². The van der Waals surface area contributed by atoms with Gasteiger partial charge in [-0.05, 0) is 24.3 Å². The highest BCUT2D eigenvalue weighted by Gasteiger charge is 2.09. The van der Waals surface area contributed by atoms with Crippen molar-refractivity contribution < 1.29 is 4.79 Å². The van der Waals surface area contributed by atoms with E-state index in [0.717, 1.165) is 10.2 Å². The van der Waals surface area contributed by atoms with Crippen LogP contribution in [-0.2, 0) is 6.54 Å². The minimum atomic E-state index is -0.210. The molecule has 0 fully saturated rings. The molecule has 0 radical (unpaired) electrons. The number of carbonyl (C=O) groups is 1. The van der Waals surface area contributed by atoms with Crippen LogP contribution in [-0.4, -0.2) is 16.1 Å². The number of nitrogens with zero attached hydrogens (tertiary/aromatic N) is 1. The summed E-state index contributed by atoms with van der Waals surface area (Å²) in [7, 11) is 0. The number of carbonyl (C=O) groups excluding carboxylic acids is 1. The molecule has 0 atom stereocenters. The Kier molecular flexibility index (Phi) is 3.43. The monoisotopic (exact) mass is 294 g/mol. The lowest BCUT2D eigenvalue weighted by molar-refractivity contribution is 0.0951. The third kappa shape index (κ3) is 2.85. The number of benzene rings is 1. The van der Waals surface area contributed by atoms with Crippen LogP contribution in [0.4, 0.5) is 5.69 Å². The van der Waals surface area contributed by atoms with Crippen LogP contribution in [0.15, 0.2) is 34.9 Å². The molecule has 0 unspecified atom stereocenters. The molecular weight excluding hydrogens is 284 g/mol. The van der Waals surface area contributed by atoms with Gasteiger partial charge in [0.25, 0.3) is 5.91 Å². The number of nitrogens with two attached hydrogens (primary N) is 1. The Hall–Kier alpha value is -1.82. The molecule has 0 aliphatic carbocycles. The van der Waals surface area contributed by atoms with Gasteiger partial charge in [-0.15, -0.1) is 0 Å². The van der Waals surface area contributed by atoms with E-state index in [1.165, 1.54) is 0 Å². The summed E-state index contributed by atoms with van der Waals surface area (Å²) in [5.41, 5.74) is 7.49. The number of aromatic amines is 1. The van der Waals surface area contributed by atoms with Gasteiger partial charge in [-0.25, -0.2) is 0 Å². The van der Waals surface area contributed by atoms with E-state index in [9.17, 15) is 4.79 Å². The van der Waals surface area contributed by atoms with Crippen molar-refractivity contribution in [2.24, 2.45) is 0 Å². The number of hydrogen-bond acceptors (Lipinski definition) is 3. The molecule has 4 N–H and O–H groups in total. The number of hydrogen-bond donors (Lipinski definition) is 3. The van der Waals surface area contributed by atoms with E-state index in [4.69, 9.17) is 5.73 Å². The topological polar surface area (TPSA) is 83.8 Å². The molecule has 0 saturated carbocycles. The lowest BCUT2D eigenvalue weighted by atomic mass is 10.1. The Bertz CT molecular complexity index is 524. The van der Waals surface area contributed by atoms with Crippen molar-refractivity contribution in [1.29, 1.82) is 0 Å². The molecule has 1 aromatic carbocycles. The summed E-state index contributed by atoms with van der Waals surface area (Å²) in [4.78, 5) is 11.9. The van der Waals surface area contributed by atoms with Gasteiger partial charge in [0.05, 0.1) is 17.8 Å². The first-order chi connectivity index (χ1) is 8.16. The first-order valence-corrected chi connectivity index (χ1v) is 5.77. The number of H-pyrrole nitrogens is 1. The van der Waals surface area contributed by atoms with E-state index in [1.807, 2.05) is 0 Å². The van der Waals surface area contributed by atoms with Crippen molar-refractivity contribution in [3.63, 3.8) is 0 Å². The van der Waals surface area contributed by atoms with Crippen LogP contribution >= 0.6 is 15.9 Å². The molecule has 0 aliphatic rings. The maximum atomic E-state index is 11.9. The van der Waals surface area contributed by atoms with Crippen LogP contribution in [0.25, 0.3) is 0 Å². The Labute approximate surface area is 107 Å². The van der Waals surface area contributed by atoms with Gasteiger partial charge in [-0.3, -0.25) is 9.89 Å². The molecule has 1 aromatic heterocycles. The molecule has 6 heteroatoms. The number of nitrogen functional groups attached to an aromatic ring is 1. The first-order valence-electron chi connectivity index (χ1n) is 4.98. The van der Waals surface area contributed by atoms with E-state index < -0.39 is 0 Å². The SMILES string of the molecule is Nc1ccc(Br)cc1C(=O)NCc1ccn[nH]1. The van der Waals surface area contributed by atoms with Gasteiger partial charge in [0.1, 0.15) is 0 Å². The van der Waals surface area contributed by atoms with Crippen LogP contribution in [0.3, 0.4) is 0 Å². The van der Waals surface area contributed by atoms with Crippen LogP contribution in [0.1, 0.15) is 16.1 Å². The van der Waals surface area contributed by atoms with Gasteiger partial charge < -0.3 is 11.1 Å². The number of amides is 1. The fraction of sp³-hybridized carbons (Fsp3) is 0.0909. The Morgan fingerprint density at radius 2 is 2.29 bits per heavy atom. The zero-order chi connectivity index (χ0) is 12.3. The highest BCUT2D eigenvalue weighted by Crippen LogP contribution is 2.18. The summed E-state index contributed by atoms with van der Waals surface area (Å²) in [5, 5.41) is 9.32. The zero-order valence-electron chi connectivity index (χ0n) is 8.90. The molecular formula is C11H11BrN4O. The molecule has 5 nitrogen and oxygen atoms in total. The lowest BCUT2D eigenvalue weighted by Gasteiger charge is -2.06. The van der Waals surface area contributed by atoms with Crippen LogP contribution < -0.4 is 11.1 Å². The van der Waals surface area contributed by atoms with Crippen LogP contribution in [0, 0.1) is 0 Å². The maximum Gasteiger partial charge on any atom is 0.253 e. The van der Waals surface area contributed by atoms with Crippen molar-refractivity contribution in [2.45, 2.75) is 6.54 Å². The van der Waals surface area contributed by atoms with Gasteiger partial charge in [-0.2, -0.15) is 5.10 Å². The molecule has 17 heavy (non-hydrogen) atoms. The van der Waals surface area contributed by atoms with Crippen molar-refractivity contribution >= 4 is 27.5 Å². The van der Waals surface area contributed by atoms with Crippen molar-refractivity contribution in [2.75, 3.05) is 5.73 Å². The summed E-state index contributed by atoms with van der Waals surface area (Å²) < 4.78 is 0.818. The number of aromatic nitrogens is 2. The largest absolute Gasteiger partial charge is 0.398 e. The average Bonchev–Trinajstić information content (AvgIpc) is 2.82. The van der Waals surface area contributed by atoms with Gasteiger partial charge in [0.2, 0.25) is 0 Å². The summed E-state index contributed by atoms with van der Waals surface area (Å²) in [5.74, 6) is -0.210. The Balaban J connectivity index is 2.07. The minimum absolute atomic E-state index is 0.210. The number of nitrogens with one attached hydrogen (secondary N) is 2. The molecule has 88 valence electrons. The minimum Gasteiger partial charge on any atom is -0.398 e. The third-order valence-electron chi connectivity index (χ3n) is 2.26. The third-order valence-corrected chi connectivity index (χ3v) is 2.75. The standard InChI is InChI=1S/C11H11BrN4O/c12-7-1-2-10(13)9(5-7)11(17)14-6-8-3-4-15-16-8/h1-5H,6,13H2,(H,14,17)(H,15,16). The Morgan fingerprint density at radius 1 is 1.47 bits per heavy atom. The molecule has 0 spiro atoms. The second-order valence-electron chi connectivity index (χ2n) is 3.50. The summed E-state index contributed by atoms with van der Waals surface area (Å²) in [6, 6.07) is 6.97. The van der Waals surface area contributed by atoms with Crippen molar-refractivity contribution in [3.8, 4) is 0 Å². The second-order valence-corrected chi connectivity index (χ2v) is 4.41. The molecule has 1 heterocycles. The van der Waals surface area contributed by atoms with E-state index in [-0.39, 0.29) is 5.91 Å².